The SMILES string of the molecule is C[C@H]1[C@@H](c2cn(C)cn2)OC(=O)N1C. The standard InChI is InChI=1S/C9H13N3O2/c1-6-8(14-9(13)12(6)3)7-4-11(2)5-10-7/h4-6,8H,1-3H3/t6-,8-/m0/s1. The van der Waals surface area contributed by atoms with Crippen molar-refractivity contribution in [1.29, 1.82) is 0 Å². The number of cyclic esters (lactones) is 1. The largest absolute Gasteiger partial charge is 0.437 e. The van der Waals surface area contributed by atoms with Crippen LogP contribution in [-0.4, -0.2) is 33.6 Å². The van der Waals surface area contributed by atoms with E-state index in [1.165, 1.54) is 0 Å². The molecule has 5 nitrogen and oxygen atoms in total. The minimum Gasteiger partial charge on any atom is -0.437 e. The van der Waals surface area contributed by atoms with Crippen LogP contribution in [0.3, 0.4) is 0 Å². The predicted octanol–water partition coefficient (Wildman–Crippen LogP) is 0.932. The van der Waals surface area contributed by atoms with Crippen LogP contribution in [0.4, 0.5) is 4.79 Å². The minimum absolute atomic E-state index is 0.0393. The Labute approximate surface area is 82.3 Å². The monoisotopic (exact) mass is 195 g/mol. The van der Waals surface area contributed by atoms with Crippen LogP contribution >= 0.6 is 0 Å². The molecule has 0 aromatic carbocycles. The van der Waals surface area contributed by atoms with Gasteiger partial charge in [0.05, 0.1) is 12.4 Å². The zero-order valence-corrected chi connectivity index (χ0v) is 8.47. The van der Waals surface area contributed by atoms with Gasteiger partial charge in [0, 0.05) is 20.3 Å². The summed E-state index contributed by atoms with van der Waals surface area (Å²) in [6.07, 6.45) is 3.05. The number of rotatable bonds is 1. The molecule has 1 aliphatic rings. The lowest BCUT2D eigenvalue weighted by Gasteiger charge is -2.14. The molecule has 2 heterocycles. The van der Waals surface area contributed by atoms with Crippen molar-refractivity contribution in [3.63, 3.8) is 0 Å². The first-order valence-electron chi connectivity index (χ1n) is 4.51. The average molecular weight is 195 g/mol. The summed E-state index contributed by atoms with van der Waals surface area (Å²) in [6, 6.07) is 0.0393. The van der Waals surface area contributed by atoms with Crippen LogP contribution < -0.4 is 0 Å². The van der Waals surface area contributed by atoms with Crippen LogP contribution in [0, 0.1) is 0 Å². The van der Waals surface area contributed by atoms with Gasteiger partial charge >= 0.3 is 6.09 Å². The van der Waals surface area contributed by atoms with Crippen molar-refractivity contribution < 1.29 is 9.53 Å². The van der Waals surface area contributed by atoms with Crippen LogP contribution in [0.25, 0.3) is 0 Å². The summed E-state index contributed by atoms with van der Waals surface area (Å²) in [6.45, 7) is 1.95. The number of aryl methyl sites for hydroxylation is 1. The van der Waals surface area contributed by atoms with E-state index in [1.54, 1.807) is 18.3 Å². The number of carbonyl (C=O) groups excluding carboxylic acids is 1. The Morgan fingerprint density at radius 1 is 1.50 bits per heavy atom. The van der Waals surface area contributed by atoms with Gasteiger partial charge in [0.15, 0.2) is 6.10 Å². The molecule has 1 saturated heterocycles. The summed E-state index contributed by atoms with van der Waals surface area (Å²) in [5.41, 5.74) is 0.803. The van der Waals surface area contributed by atoms with Crippen LogP contribution in [0.5, 0.6) is 0 Å². The van der Waals surface area contributed by atoms with Gasteiger partial charge in [-0.25, -0.2) is 9.78 Å². The van der Waals surface area contributed by atoms with Crippen LogP contribution in [0.15, 0.2) is 12.5 Å². The molecule has 2 rings (SSSR count). The molecule has 1 aromatic rings. The number of imidazole rings is 1. The number of hydrogen-bond acceptors (Lipinski definition) is 3. The van der Waals surface area contributed by atoms with E-state index in [9.17, 15) is 4.79 Å². The first-order chi connectivity index (χ1) is 6.59. The minimum atomic E-state index is -0.284. The van der Waals surface area contributed by atoms with E-state index in [0.29, 0.717) is 0 Å². The number of nitrogens with zero attached hydrogens (tertiary/aromatic N) is 3. The molecule has 0 bridgehead atoms. The Morgan fingerprint density at radius 2 is 2.21 bits per heavy atom. The van der Waals surface area contributed by atoms with Crippen molar-refractivity contribution in [2.75, 3.05) is 7.05 Å². The fraction of sp³-hybridized carbons (Fsp3) is 0.556. The summed E-state index contributed by atoms with van der Waals surface area (Å²) in [7, 11) is 3.62. The van der Waals surface area contributed by atoms with Gasteiger partial charge in [-0.05, 0) is 6.92 Å². The number of ether oxygens (including phenoxy) is 1. The molecule has 0 radical (unpaired) electrons. The number of hydrogen-bond donors (Lipinski definition) is 0. The molecule has 2 atom stereocenters. The molecule has 0 unspecified atom stereocenters. The molecular weight excluding hydrogens is 182 g/mol. The van der Waals surface area contributed by atoms with Gasteiger partial charge in [0.2, 0.25) is 0 Å². The molecule has 0 saturated carbocycles. The highest BCUT2D eigenvalue weighted by Crippen LogP contribution is 2.29. The quantitative estimate of drug-likeness (QED) is 0.669. The third-order valence-electron chi connectivity index (χ3n) is 2.58. The van der Waals surface area contributed by atoms with Crippen molar-refractivity contribution in [1.82, 2.24) is 14.5 Å². The van der Waals surface area contributed by atoms with Crippen LogP contribution in [0.2, 0.25) is 0 Å². The average Bonchev–Trinajstić information content (AvgIpc) is 2.66. The molecule has 1 aromatic heterocycles. The number of likely N-dealkylation sites (N-methyl/N-ethyl adjacent to an activating group) is 1. The smallest absolute Gasteiger partial charge is 0.410 e. The van der Waals surface area contributed by atoms with Crippen LogP contribution in [0.1, 0.15) is 18.7 Å². The molecule has 0 N–H and O–H groups in total. The Bertz CT molecular complexity index is 361. The zero-order valence-electron chi connectivity index (χ0n) is 8.47. The van der Waals surface area contributed by atoms with Gasteiger partial charge in [-0.3, -0.25) is 0 Å². The third-order valence-corrected chi connectivity index (χ3v) is 2.58. The third kappa shape index (κ3) is 1.25. The summed E-state index contributed by atoms with van der Waals surface area (Å²) >= 11 is 0. The van der Waals surface area contributed by atoms with Gasteiger partial charge in [-0.2, -0.15) is 0 Å². The Hall–Kier alpha value is -1.52. The summed E-state index contributed by atoms with van der Waals surface area (Å²) in [4.78, 5) is 17.0. The summed E-state index contributed by atoms with van der Waals surface area (Å²) in [5.74, 6) is 0. The molecule has 1 fully saturated rings. The molecule has 76 valence electrons. The van der Waals surface area contributed by atoms with E-state index in [2.05, 4.69) is 4.98 Å². The van der Waals surface area contributed by atoms with E-state index in [1.807, 2.05) is 24.7 Å². The van der Waals surface area contributed by atoms with E-state index < -0.39 is 0 Å². The van der Waals surface area contributed by atoms with Gasteiger partial charge in [-0.15, -0.1) is 0 Å². The van der Waals surface area contributed by atoms with Gasteiger partial charge in [0.25, 0.3) is 0 Å². The first kappa shape index (κ1) is 9.05. The van der Waals surface area contributed by atoms with E-state index in [-0.39, 0.29) is 18.2 Å². The Kier molecular flexibility index (Phi) is 1.94. The second kappa shape index (κ2) is 3.01. The zero-order chi connectivity index (χ0) is 10.3. The van der Waals surface area contributed by atoms with Crippen molar-refractivity contribution in [3.05, 3.63) is 18.2 Å². The number of amides is 1. The van der Waals surface area contributed by atoms with E-state index in [0.717, 1.165) is 5.69 Å². The highest BCUT2D eigenvalue weighted by molar-refractivity contribution is 5.70. The molecule has 14 heavy (non-hydrogen) atoms. The van der Waals surface area contributed by atoms with Gasteiger partial charge < -0.3 is 14.2 Å². The second-order valence-corrected chi connectivity index (χ2v) is 3.62. The maximum absolute atomic E-state index is 11.2. The lowest BCUT2D eigenvalue weighted by atomic mass is 10.1. The van der Waals surface area contributed by atoms with E-state index >= 15 is 0 Å². The fourth-order valence-electron chi connectivity index (χ4n) is 1.55. The van der Waals surface area contributed by atoms with Crippen molar-refractivity contribution in [2.45, 2.75) is 19.1 Å². The normalized spacial score (nSPS) is 26.8. The summed E-state index contributed by atoms with van der Waals surface area (Å²) < 4.78 is 7.04. The van der Waals surface area contributed by atoms with E-state index in [4.69, 9.17) is 4.74 Å². The lowest BCUT2D eigenvalue weighted by molar-refractivity contribution is 0.129. The second-order valence-electron chi connectivity index (χ2n) is 3.62. The Balaban J connectivity index is 2.25. The van der Waals surface area contributed by atoms with Gasteiger partial charge in [-0.1, -0.05) is 0 Å². The number of aromatic nitrogens is 2. The van der Waals surface area contributed by atoms with Crippen molar-refractivity contribution in [2.24, 2.45) is 7.05 Å². The topological polar surface area (TPSA) is 47.4 Å². The molecular formula is C9H13N3O2. The fourth-order valence-corrected chi connectivity index (χ4v) is 1.55. The van der Waals surface area contributed by atoms with Crippen LogP contribution in [-0.2, 0) is 11.8 Å². The maximum atomic E-state index is 11.2. The lowest BCUT2D eigenvalue weighted by Crippen LogP contribution is -2.27. The predicted molar refractivity (Wildman–Crippen MR) is 49.7 cm³/mol. The first-order valence-corrected chi connectivity index (χ1v) is 4.51. The molecule has 0 aliphatic carbocycles. The number of carbonyl (C=O) groups is 1. The molecule has 1 amide bonds. The highest BCUT2D eigenvalue weighted by atomic mass is 16.6. The molecule has 5 heteroatoms. The maximum Gasteiger partial charge on any atom is 0.410 e. The Morgan fingerprint density at radius 3 is 2.64 bits per heavy atom. The molecule has 0 spiro atoms. The molecule has 1 aliphatic heterocycles. The van der Waals surface area contributed by atoms with Gasteiger partial charge in [0.1, 0.15) is 5.69 Å². The van der Waals surface area contributed by atoms with Crippen molar-refractivity contribution >= 4 is 6.09 Å². The highest BCUT2D eigenvalue weighted by Gasteiger charge is 2.38. The summed E-state index contributed by atoms with van der Waals surface area (Å²) in [5, 5.41) is 0. The van der Waals surface area contributed by atoms with Crippen molar-refractivity contribution in [3.8, 4) is 0 Å².